The van der Waals surface area contributed by atoms with Crippen molar-refractivity contribution < 1.29 is 4.74 Å². The van der Waals surface area contributed by atoms with Crippen molar-refractivity contribution in [3.8, 4) is 5.75 Å². The third-order valence-corrected chi connectivity index (χ3v) is 3.97. The minimum Gasteiger partial charge on any atom is -0.494 e. The van der Waals surface area contributed by atoms with E-state index in [0.717, 1.165) is 18.8 Å². The molecule has 1 aromatic carbocycles. The molecule has 2 rings (SSSR count). The Morgan fingerprint density at radius 2 is 1.85 bits per heavy atom. The summed E-state index contributed by atoms with van der Waals surface area (Å²) in [7, 11) is 2.21. The summed E-state index contributed by atoms with van der Waals surface area (Å²) < 4.78 is 5.77. The molecule has 0 unspecified atom stereocenters. The van der Waals surface area contributed by atoms with Crippen LogP contribution in [0, 0.1) is 6.92 Å². The molecular formula is C17H28N2O. The Kier molecular flexibility index (Phi) is 6.34. The average Bonchev–Trinajstić information content (AvgIpc) is 2.45. The van der Waals surface area contributed by atoms with Gasteiger partial charge in [-0.2, -0.15) is 0 Å². The molecule has 0 aliphatic carbocycles. The van der Waals surface area contributed by atoms with Gasteiger partial charge in [-0.25, -0.2) is 0 Å². The number of rotatable bonds is 7. The summed E-state index contributed by atoms with van der Waals surface area (Å²) in [6.07, 6.45) is 3.71. The Bertz CT molecular complexity index is 386. The molecule has 1 aromatic rings. The molecule has 1 aliphatic rings. The normalized spacial score (nSPS) is 17.3. The molecule has 0 atom stereocenters. The van der Waals surface area contributed by atoms with Crippen LogP contribution in [0.15, 0.2) is 24.3 Å². The molecule has 0 spiro atoms. The number of likely N-dealkylation sites (N-methyl/N-ethyl adjacent to an activating group) is 1. The summed E-state index contributed by atoms with van der Waals surface area (Å²) in [5, 5.41) is 0. The average molecular weight is 276 g/mol. The predicted molar refractivity (Wildman–Crippen MR) is 84.5 cm³/mol. The summed E-state index contributed by atoms with van der Waals surface area (Å²) in [6.45, 7) is 9.09. The maximum absolute atomic E-state index is 5.77. The molecule has 1 saturated heterocycles. The van der Waals surface area contributed by atoms with E-state index in [1.165, 1.54) is 51.1 Å². The maximum Gasteiger partial charge on any atom is 0.119 e. The van der Waals surface area contributed by atoms with Crippen LogP contribution in [0.2, 0.25) is 0 Å². The number of hydrogen-bond donors (Lipinski definition) is 0. The van der Waals surface area contributed by atoms with Gasteiger partial charge in [-0.1, -0.05) is 12.1 Å². The van der Waals surface area contributed by atoms with E-state index in [1.54, 1.807) is 0 Å². The fourth-order valence-electron chi connectivity index (χ4n) is 2.58. The highest BCUT2D eigenvalue weighted by atomic mass is 16.5. The topological polar surface area (TPSA) is 15.7 Å². The first kappa shape index (κ1) is 15.3. The number of piperazine rings is 1. The van der Waals surface area contributed by atoms with Gasteiger partial charge in [0.25, 0.3) is 0 Å². The summed E-state index contributed by atoms with van der Waals surface area (Å²) in [5.74, 6) is 1.00. The van der Waals surface area contributed by atoms with E-state index in [4.69, 9.17) is 4.74 Å². The van der Waals surface area contributed by atoms with Crippen molar-refractivity contribution in [2.24, 2.45) is 0 Å². The first-order valence-electron chi connectivity index (χ1n) is 7.84. The van der Waals surface area contributed by atoms with Crippen LogP contribution < -0.4 is 4.74 Å². The van der Waals surface area contributed by atoms with Crippen molar-refractivity contribution in [1.82, 2.24) is 9.80 Å². The molecule has 0 N–H and O–H groups in total. The summed E-state index contributed by atoms with van der Waals surface area (Å²) >= 11 is 0. The summed E-state index contributed by atoms with van der Waals surface area (Å²) in [6, 6.07) is 8.29. The second-order valence-corrected chi connectivity index (χ2v) is 5.87. The zero-order valence-corrected chi connectivity index (χ0v) is 13.0. The van der Waals surface area contributed by atoms with Crippen molar-refractivity contribution >= 4 is 0 Å². The van der Waals surface area contributed by atoms with Crippen LogP contribution in [-0.2, 0) is 0 Å². The standard InChI is InChI=1S/C17H28N2O/c1-16-7-6-8-17(15-16)20-14-5-3-4-9-19-12-10-18(2)11-13-19/h6-8,15H,3-5,9-14H2,1-2H3. The molecule has 3 heteroatoms. The van der Waals surface area contributed by atoms with Gasteiger partial charge in [0.15, 0.2) is 0 Å². The van der Waals surface area contributed by atoms with E-state index in [9.17, 15) is 0 Å². The van der Waals surface area contributed by atoms with E-state index >= 15 is 0 Å². The lowest BCUT2D eigenvalue weighted by Crippen LogP contribution is -2.44. The monoisotopic (exact) mass is 276 g/mol. The Morgan fingerprint density at radius 1 is 1.05 bits per heavy atom. The van der Waals surface area contributed by atoms with Crippen LogP contribution in [0.1, 0.15) is 24.8 Å². The van der Waals surface area contributed by atoms with Gasteiger partial charge in [0.05, 0.1) is 6.61 Å². The zero-order chi connectivity index (χ0) is 14.2. The fourth-order valence-corrected chi connectivity index (χ4v) is 2.58. The number of benzene rings is 1. The van der Waals surface area contributed by atoms with Crippen LogP contribution in [0.4, 0.5) is 0 Å². The van der Waals surface area contributed by atoms with Crippen molar-refractivity contribution in [1.29, 1.82) is 0 Å². The number of hydrogen-bond acceptors (Lipinski definition) is 3. The molecule has 1 heterocycles. The van der Waals surface area contributed by atoms with E-state index in [0.29, 0.717) is 0 Å². The van der Waals surface area contributed by atoms with Gasteiger partial charge in [-0.15, -0.1) is 0 Å². The van der Waals surface area contributed by atoms with Crippen LogP contribution in [0.5, 0.6) is 5.75 Å². The van der Waals surface area contributed by atoms with Crippen LogP contribution in [-0.4, -0.2) is 56.2 Å². The molecular weight excluding hydrogens is 248 g/mol. The molecule has 0 aromatic heterocycles. The predicted octanol–water partition coefficient (Wildman–Crippen LogP) is 2.79. The van der Waals surface area contributed by atoms with Crippen molar-refractivity contribution in [2.75, 3.05) is 46.4 Å². The highest BCUT2D eigenvalue weighted by molar-refractivity contribution is 5.27. The first-order valence-corrected chi connectivity index (χ1v) is 7.84. The van der Waals surface area contributed by atoms with Crippen LogP contribution in [0.3, 0.4) is 0 Å². The number of aryl methyl sites for hydroxylation is 1. The van der Waals surface area contributed by atoms with Crippen molar-refractivity contribution in [3.05, 3.63) is 29.8 Å². The second-order valence-electron chi connectivity index (χ2n) is 5.87. The maximum atomic E-state index is 5.77. The van der Waals surface area contributed by atoms with E-state index in [1.807, 2.05) is 6.07 Å². The van der Waals surface area contributed by atoms with Gasteiger partial charge in [-0.05, 0) is 57.5 Å². The number of ether oxygens (including phenoxy) is 1. The Morgan fingerprint density at radius 3 is 2.60 bits per heavy atom. The van der Waals surface area contributed by atoms with Gasteiger partial charge in [0.1, 0.15) is 5.75 Å². The van der Waals surface area contributed by atoms with E-state index < -0.39 is 0 Å². The summed E-state index contributed by atoms with van der Waals surface area (Å²) in [5.41, 5.74) is 1.26. The third-order valence-electron chi connectivity index (χ3n) is 3.97. The number of unbranched alkanes of at least 4 members (excludes halogenated alkanes) is 2. The smallest absolute Gasteiger partial charge is 0.119 e. The molecule has 0 radical (unpaired) electrons. The quantitative estimate of drug-likeness (QED) is 0.712. The summed E-state index contributed by atoms with van der Waals surface area (Å²) in [4.78, 5) is 4.99. The first-order chi connectivity index (χ1) is 9.74. The number of nitrogens with zero attached hydrogens (tertiary/aromatic N) is 2. The lowest BCUT2D eigenvalue weighted by molar-refractivity contribution is 0.151. The Hall–Kier alpha value is -1.06. The van der Waals surface area contributed by atoms with Crippen molar-refractivity contribution in [3.63, 3.8) is 0 Å². The van der Waals surface area contributed by atoms with Gasteiger partial charge in [-0.3, -0.25) is 0 Å². The Balaban J connectivity index is 1.49. The van der Waals surface area contributed by atoms with Crippen LogP contribution >= 0.6 is 0 Å². The zero-order valence-electron chi connectivity index (χ0n) is 13.0. The highest BCUT2D eigenvalue weighted by Crippen LogP contribution is 2.13. The van der Waals surface area contributed by atoms with Gasteiger partial charge < -0.3 is 14.5 Å². The highest BCUT2D eigenvalue weighted by Gasteiger charge is 2.12. The lowest BCUT2D eigenvalue weighted by atomic mass is 10.2. The Labute approximate surface area is 123 Å². The molecule has 1 aliphatic heterocycles. The minimum atomic E-state index is 0.839. The van der Waals surface area contributed by atoms with Gasteiger partial charge in [0, 0.05) is 26.2 Å². The van der Waals surface area contributed by atoms with Crippen LogP contribution in [0.25, 0.3) is 0 Å². The minimum absolute atomic E-state index is 0.839. The van der Waals surface area contributed by atoms with E-state index in [-0.39, 0.29) is 0 Å². The molecule has 0 amide bonds. The van der Waals surface area contributed by atoms with Crippen molar-refractivity contribution in [2.45, 2.75) is 26.2 Å². The van der Waals surface area contributed by atoms with Gasteiger partial charge in [0.2, 0.25) is 0 Å². The third kappa shape index (κ3) is 5.51. The largest absolute Gasteiger partial charge is 0.494 e. The molecule has 112 valence electrons. The molecule has 3 nitrogen and oxygen atoms in total. The SMILES string of the molecule is Cc1cccc(OCCCCCN2CCN(C)CC2)c1. The second kappa shape index (κ2) is 8.28. The molecule has 0 bridgehead atoms. The molecule has 1 fully saturated rings. The molecule has 20 heavy (non-hydrogen) atoms. The lowest BCUT2D eigenvalue weighted by Gasteiger charge is -2.32. The van der Waals surface area contributed by atoms with E-state index in [2.05, 4.69) is 42.0 Å². The van der Waals surface area contributed by atoms with Gasteiger partial charge >= 0.3 is 0 Å². The molecule has 0 saturated carbocycles. The fraction of sp³-hybridized carbons (Fsp3) is 0.647.